The van der Waals surface area contributed by atoms with E-state index in [9.17, 15) is 0 Å². The van der Waals surface area contributed by atoms with Crippen molar-refractivity contribution in [3.8, 4) is 44.5 Å². The third-order valence-electron chi connectivity index (χ3n) is 15.8. The summed E-state index contributed by atoms with van der Waals surface area (Å²) in [5.74, 6) is 0. The summed E-state index contributed by atoms with van der Waals surface area (Å²) in [6, 6.07) is 63.8. The van der Waals surface area contributed by atoms with E-state index in [1.54, 1.807) is 0 Å². The Balaban J connectivity index is 1.11. The SMILES string of the molecule is CC(C)(C)c1ccc2c(c1)C1(c3ccccc3-c3cc(N(c4ccc5c(c4)C(C)(C)c4ccccc4-5)c4ccc5c(c4)C(C)(C)c4ccccc4-5)ccc31)c1cc(C(C)(C)C)ccc1-2. The fraction of sp³-hybridized carbons (Fsp3) is 0.238. The van der Waals surface area contributed by atoms with Crippen molar-refractivity contribution in [3.63, 3.8) is 0 Å². The molecule has 314 valence electrons. The predicted octanol–water partition coefficient (Wildman–Crippen LogP) is 16.7. The Kier molecular flexibility index (Phi) is 7.87. The molecular formula is C63H57N. The van der Waals surface area contributed by atoms with Crippen molar-refractivity contribution in [3.05, 3.63) is 219 Å². The number of nitrogens with zero attached hydrogens (tertiary/aromatic N) is 1. The summed E-state index contributed by atoms with van der Waals surface area (Å²) in [4.78, 5) is 2.54. The van der Waals surface area contributed by atoms with Crippen LogP contribution in [0.4, 0.5) is 17.1 Å². The molecule has 0 saturated heterocycles. The van der Waals surface area contributed by atoms with Crippen LogP contribution in [0.15, 0.2) is 164 Å². The first-order chi connectivity index (χ1) is 30.5. The highest BCUT2D eigenvalue weighted by Gasteiger charge is 2.52. The molecule has 0 saturated carbocycles. The van der Waals surface area contributed by atoms with E-state index in [-0.39, 0.29) is 21.7 Å². The molecule has 4 aliphatic carbocycles. The Labute approximate surface area is 380 Å². The lowest BCUT2D eigenvalue weighted by Crippen LogP contribution is -2.27. The van der Waals surface area contributed by atoms with Crippen molar-refractivity contribution in [2.75, 3.05) is 4.90 Å². The number of anilines is 3. The summed E-state index contributed by atoms with van der Waals surface area (Å²) < 4.78 is 0. The van der Waals surface area contributed by atoms with Gasteiger partial charge in [0.2, 0.25) is 0 Å². The maximum absolute atomic E-state index is 2.55. The largest absolute Gasteiger partial charge is 0.310 e. The van der Waals surface area contributed by atoms with Crippen molar-refractivity contribution in [1.82, 2.24) is 0 Å². The summed E-state index contributed by atoms with van der Waals surface area (Å²) in [5, 5.41) is 0. The van der Waals surface area contributed by atoms with E-state index >= 15 is 0 Å². The Hall–Kier alpha value is -6.44. The minimum absolute atomic E-state index is 0.00443. The van der Waals surface area contributed by atoms with Crippen LogP contribution in [-0.4, -0.2) is 0 Å². The number of rotatable bonds is 3. The quantitative estimate of drug-likeness (QED) is 0.171. The maximum atomic E-state index is 2.55. The van der Waals surface area contributed by atoms with Gasteiger partial charge in [-0.25, -0.2) is 0 Å². The molecule has 0 bridgehead atoms. The smallest absolute Gasteiger partial charge is 0.0725 e. The molecule has 0 aliphatic heterocycles. The molecule has 8 aromatic rings. The molecule has 1 nitrogen and oxygen atoms in total. The molecule has 12 rings (SSSR count). The molecule has 0 atom stereocenters. The van der Waals surface area contributed by atoms with Crippen molar-refractivity contribution >= 4 is 17.1 Å². The molecule has 8 aromatic carbocycles. The van der Waals surface area contributed by atoms with Crippen molar-refractivity contribution < 1.29 is 0 Å². The summed E-state index contributed by atoms with van der Waals surface area (Å²) in [7, 11) is 0. The molecular weight excluding hydrogens is 771 g/mol. The lowest BCUT2D eigenvalue weighted by Gasteiger charge is -2.33. The van der Waals surface area contributed by atoms with Gasteiger partial charge in [0.1, 0.15) is 0 Å². The number of fused-ring (bicyclic) bond motifs is 16. The normalized spacial score (nSPS) is 16.0. The van der Waals surface area contributed by atoms with Crippen LogP contribution in [-0.2, 0) is 27.1 Å². The molecule has 0 unspecified atom stereocenters. The van der Waals surface area contributed by atoms with Crippen LogP contribution >= 0.6 is 0 Å². The average molecular weight is 828 g/mol. The van der Waals surface area contributed by atoms with E-state index in [0.717, 1.165) is 5.69 Å². The molecule has 0 fully saturated rings. The molecule has 64 heavy (non-hydrogen) atoms. The van der Waals surface area contributed by atoms with Crippen LogP contribution in [0.1, 0.15) is 125 Å². The zero-order valence-corrected chi connectivity index (χ0v) is 39.0. The Bertz CT molecular complexity index is 3130. The maximum Gasteiger partial charge on any atom is 0.0725 e. The topological polar surface area (TPSA) is 3.24 Å². The van der Waals surface area contributed by atoms with Crippen LogP contribution in [0.25, 0.3) is 44.5 Å². The molecule has 0 heterocycles. The van der Waals surface area contributed by atoms with Gasteiger partial charge in [-0.05, 0) is 147 Å². The van der Waals surface area contributed by atoms with Gasteiger partial charge in [-0.3, -0.25) is 0 Å². The van der Waals surface area contributed by atoms with Gasteiger partial charge in [0.25, 0.3) is 0 Å². The zero-order chi connectivity index (χ0) is 44.3. The Morgan fingerprint density at radius 3 is 1.11 bits per heavy atom. The first-order valence-electron chi connectivity index (χ1n) is 23.3. The first kappa shape index (κ1) is 39.2. The molecule has 0 N–H and O–H groups in total. The zero-order valence-electron chi connectivity index (χ0n) is 39.0. The van der Waals surface area contributed by atoms with Gasteiger partial charge in [-0.2, -0.15) is 0 Å². The van der Waals surface area contributed by atoms with Crippen LogP contribution in [0.2, 0.25) is 0 Å². The van der Waals surface area contributed by atoms with Gasteiger partial charge in [0, 0.05) is 27.9 Å². The lowest BCUT2D eigenvalue weighted by molar-refractivity contribution is 0.586. The number of hydrogen-bond acceptors (Lipinski definition) is 1. The first-order valence-corrected chi connectivity index (χ1v) is 23.3. The van der Waals surface area contributed by atoms with Crippen LogP contribution in [0.3, 0.4) is 0 Å². The second-order valence-corrected chi connectivity index (χ2v) is 22.2. The minimum Gasteiger partial charge on any atom is -0.310 e. The Morgan fingerprint density at radius 1 is 0.297 bits per heavy atom. The molecule has 0 amide bonds. The number of benzene rings is 8. The van der Waals surface area contributed by atoms with Gasteiger partial charge >= 0.3 is 0 Å². The van der Waals surface area contributed by atoms with Crippen molar-refractivity contribution in [2.24, 2.45) is 0 Å². The molecule has 4 aliphatic rings. The molecule has 1 spiro atoms. The summed E-state index contributed by atoms with van der Waals surface area (Å²) in [5.41, 5.74) is 27.3. The standard InChI is InChI=1S/C63H57N/c1-59(2,3)38-23-28-48-49-29-24-39(60(4,5)6)34-58(49)63(57(48)33-38)53-22-16-13-19-45(53)50-35-40(27-32-54(50)63)64(41-25-30-46-43-17-11-14-20-51(43)61(7,8)55(46)36-41)42-26-31-47-44-18-12-15-21-52(44)62(9,10)56(47)37-42/h11-37H,1-10H3. The van der Waals surface area contributed by atoms with E-state index in [0.29, 0.717) is 0 Å². The van der Waals surface area contributed by atoms with Gasteiger partial charge < -0.3 is 4.90 Å². The molecule has 1 heteroatoms. The highest BCUT2D eigenvalue weighted by atomic mass is 15.1. The van der Waals surface area contributed by atoms with Crippen LogP contribution in [0, 0.1) is 0 Å². The molecule has 0 radical (unpaired) electrons. The monoisotopic (exact) mass is 827 g/mol. The Morgan fingerprint density at radius 2 is 0.641 bits per heavy atom. The fourth-order valence-electron chi connectivity index (χ4n) is 12.4. The van der Waals surface area contributed by atoms with Crippen molar-refractivity contribution in [2.45, 2.75) is 96.3 Å². The number of hydrogen-bond donors (Lipinski definition) is 0. The molecule has 0 aromatic heterocycles. The fourth-order valence-corrected chi connectivity index (χ4v) is 12.4. The van der Waals surface area contributed by atoms with E-state index in [2.05, 4.69) is 238 Å². The summed E-state index contributed by atoms with van der Waals surface area (Å²) in [6.07, 6.45) is 0. The summed E-state index contributed by atoms with van der Waals surface area (Å²) in [6.45, 7) is 23.6. The van der Waals surface area contributed by atoms with E-state index in [1.165, 1.54) is 112 Å². The van der Waals surface area contributed by atoms with E-state index in [1.807, 2.05) is 0 Å². The van der Waals surface area contributed by atoms with Gasteiger partial charge in [-0.1, -0.05) is 197 Å². The van der Waals surface area contributed by atoms with Gasteiger partial charge in [0.15, 0.2) is 0 Å². The summed E-state index contributed by atoms with van der Waals surface area (Å²) >= 11 is 0. The predicted molar refractivity (Wildman–Crippen MR) is 270 cm³/mol. The minimum atomic E-state index is -0.449. The van der Waals surface area contributed by atoms with Crippen LogP contribution < -0.4 is 4.90 Å². The van der Waals surface area contributed by atoms with Gasteiger partial charge in [-0.15, -0.1) is 0 Å². The van der Waals surface area contributed by atoms with Gasteiger partial charge in [0.05, 0.1) is 5.41 Å². The highest BCUT2D eigenvalue weighted by molar-refractivity contribution is 5.97. The second-order valence-electron chi connectivity index (χ2n) is 22.2. The third-order valence-corrected chi connectivity index (χ3v) is 15.8. The third kappa shape index (κ3) is 5.13. The average Bonchev–Trinajstić information content (AvgIpc) is 3.90. The van der Waals surface area contributed by atoms with E-state index < -0.39 is 5.41 Å². The second kappa shape index (κ2) is 12.9. The highest BCUT2D eigenvalue weighted by Crippen LogP contribution is 2.64. The lowest BCUT2D eigenvalue weighted by atomic mass is 9.69. The van der Waals surface area contributed by atoms with E-state index in [4.69, 9.17) is 0 Å². The van der Waals surface area contributed by atoms with Crippen LogP contribution in [0.5, 0.6) is 0 Å². The van der Waals surface area contributed by atoms with Crippen molar-refractivity contribution in [1.29, 1.82) is 0 Å².